The summed E-state index contributed by atoms with van der Waals surface area (Å²) in [6, 6.07) is 9.40. The number of alkyl halides is 1. The highest BCUT2D eigenvalue weighted by Gasteiger charge is 2.43. The van der Waals surface area contributed by atoms with E-state index >= 15 is 0 Å². The van der Waals surface area contributed by atoms with Gasteiger partial charge in [0.15, 0.2) is 6.17 Å². The van der Waals surface area contributed by atoms with E-state index in [1.807, 2.05) is 30.3 Å². The largest absolute Gasteiger partial charge is 0.394 e. The number of hydrogen-bond donors (Lipinski definition) is 2. The number of hydrogen-bond acceptors (Lipinski definition) is 3. The zero-order valence-electron chi connectivity index (χ0n) is 8.79. The zero-order valence-corrected chi connectivity index (χ0v) is 8.79. The molecule has 0 bridgehead atoms. The molecule has 0 amide bonds. The van der Waals surface area contributed by atoms with E-state index in [9.17, 15) is 9.50 Å². The lowest BCUT2D eigenvalue weighted by atomic mass is 10.0. The minimum absolute atomic E-state index is 0.354. The van der Waals surface area contributed by atoms with Gasteiger partial charge in [-0.1, -0.05) is 30.3 Å². The van der Waals surface area contributed by atoms with Gasteiger partial charge in [-0.05, 0) is 5.56 Å². The predicted octanol–water partition coefficient (Wildman–Crippen LogP) is 0.688. The van der Waals surface area contributed by atoms with Crippen LogP contribution >= 0.6 is 0 Å². The molecule has 0 aromatic heterocycles. The fourth-order valence-electron chi connectivity index (χ4n) is 1.96. The first-order valence-electron chi connectivity index (χ1n) is 5.34. The number of ether oxygens (including phenoxy) is 1. The Labute approximate surface area is 93.5 Å². The Kier molecular flexibility index (Phi) is 3.53. The number of aliphatic hydroxyl groups excluding tert-OH is 2. The van der Waals surface area contributed by atoms with E-state index in [4.69, 9.17) is 9.84 Å². The number of halogens is 1. The average Bonchev–Trinajstić information content (AvgIpc) is 2.58. The molecule has 1 aromatic rings. The molecule has 1 fully saturated rings. The van der Waals surface area contributed by atoms with Gasteiger partial charge in [-0.3, -0.25) is 0 Å². The van der Waals surface area contributed by atoms with Crippen LogP contribution in [0.4, 0.5) is 4.39 Å². The lowest BCUT2D eigenvalue weighted by Crippen LogP contribution is -2.31. The van der Waals surface area contributed by atoms with E-state index in [1.54, 1.807) is 0 Å². The minimum atomic E-state index is -1.43. The van der Waals surface area contributed by atoms with Crippen LogP contribution in [0.5, 0.6) is 0 Å². The summed E-state index contributed by atoms with van der Waals surface area (Å²) in [6.07, 6.45) is -3.72. The standard InChI is InChI=1S/C12H15FO3/c13-11-9(16-10(7-14)12(11)15)6-8-4-2-1-3-5-8/h1-5,9-12,14-15H,6-7H2/t9-,10+,11?,12?/m0/s1. The molecule has 1 aromatic carbocycles. The van der Waals surface area contributed by atoms with E-state index in [-0.39, 0.29) is 6.61 Å². The summed E-state index contributed by atoms with van der Waals surface area (Å²) in [5.41, 5.74) is 0.959. The minimum Gasteiger partial charge on any atom is -0.394 e. The second-order valence-corrected chi connectivity index (χ2v) is 4.02. The molecule has 2 unspecified atom stereocenters. The van der Waals surface area contributed by atoms with Crippen molar-refractivity contribution in [2.45, 2.75) is 30.9 Å². The van der Waals surface area contributed by atoms with Gasteiger partial charge in [0, 0.05) is 6.42 Å². The van der Waals surface area contributed by atoms with Gasteiger partial charge in [0.2, 0.25) is 0 Å². The molecule has 3 nitrogen and oxygen atoms in total. The first-order chi connectivity index (χ1) is 7.72. The summed E-state index contributed by atoms with van der Waals surface area (Å²) in [5.74, 6) is 0. The van der Waals surface area contributed by atoms with Crippen molar-refractivity contribution in [1.82, 2.24) is 0 Å². The molecule has 2 rings (SSSR count). The maximum absolute atomic E-state index is 13.6. The third-order valence-electron chi connectivity index (χ3n) is 2.87. The summed E-state index contributed by atoms with van der Waals surface area (Å²) in [5, 5.41) is 18.3. The highest BCUT2D eigenvalue weighted by atomic mass is 19.1. The number of aliphatic hydroxyl groups is 2. The van der Waals surface area contributed by atoms with Gasteiger partial charge in [0.1, 0.15) is 12.2 Å². The van der Waals surface area contributed by atoms with Gasteiger partial charge >= 0.3 is 0 Å². The second kappa shape index (κ2) is 4.91. The Balaban J connectivity index is 2.01. The summed E-state index contributed by atoms with van der Waals surface area (Å²) < 4.78 is 18.9. The third-order valence-corrected chi connectivity index (χ3v) is 2.87. The van der Waals surface area contributed by atoms with Gasteiger partial charge in [-0.2, -0.15) is 0 Å². The number of benzene rings is 1. The SMILES string of the molecule is OC[C@H]1O[C@@H](Cc2ccccc2)C(F)C1O. The van der Waals surface area contributed by atoms with Crippen molar-refractivity contribution in [1.29, 1.82) is 0 Å². The van der Waals surface area contributed by atoms with Gasteiger partial charge in [-0.25, -0.2) is 4.39 Å². The van der Waals surface area contributed by atoms with E-state index in [2.05, 4.69) is 0 Å². The van der Waals surface area contributed by atoms with Crippen LogP contribution in [-0.2, 0) is 11.2 Å². The third kappa shape index (κ3) is 2.24. The zero-order chi connectivity index (χ0) is 11.5. The molecule has 0 aliphatic carbocycles. The molecule has 2 N–H and O–H groups in total. The smallest absolute Gasteiger partial charge is 0.155 e. The van der Waals surface area contributed by atoms with E-state index in [1.165, 1.54) is 0 Å². The van der Waals surface area contributed by atoms with Gasteiger partial charge in [-0.15, -0.1) is 0 Å². The second-order valence-electron chi connectivity index (χ2n) is 4.02. The summed E-state index contributed by atoms with van der Waals surface area (Å²) in [7, 11) is 0. The van der Waals surface area contributed by atoms with E-state index in [0.29, 0.717) is 6.42 Å². The van der Waals surface area contributed by atoms with Crippen molar-refractivity contribution < 1.29 is 19.3 Å². The van der Waals surface area contributed by atoms with Crippen molar-refractivity contribution >= 4 is 0 Å². The molecule has 0 spiro atoms. The van der Waals surface area contributed by atoms with Crippen LogP contribution in [-0.4, -0.2) is 41.3 Å². The molecule has 4 heteroatoms. The molecule has 4 atom stereocenters. The molecular formula is C12H15FO3. The van der Waals surface area contributed by atoms with Crippen LogP contribution < -0.4 is 0 Å². The first-order valence-corrected chi connectivity index (χ1v) is 5.34. The molecule has 0 saturated carbocycles. The topological polar surface area (TPSA) is 49.7 Å². The Morgan fingerprint density at radius 3 is 2.44 bits per heavy atom. The van der Waals surface area contributed by atoms with Gasteiger partial charge in [0.25, 0.3) is 0 Å². The Bertz CT molecular complexity index is 330. The Morgan fingerprint density at radius 1 is 1.19 bits per heavy atom. The Hall–Kier alpha value is -0.970. The van der Waals surface area contributed by atoms with Crippen LogP contribution in [0.3, 0.4) is 0 Å². The quantitative estimate of drug-likeness (QED) is 0.797. The van der Waals surface area contributed by atoms with E-state index < -0.39 is 24.5 Å². The van der Waals surface area contributed by atoms with Crippen LogP contribution in [0.2, 0.25) is 0 Å². The van der Waals surface area contributed by atoms with Crippen molar-refractivity contribution in [2.24, 2.45) is 0 Å². The molecule has 0 radical (unpaired) electrons. The highest BCUT2D eigenvalue weighted by Crippen LogP contribution is 2.26. The van der Waals surface area contributed by atoms with E-state index in [0.717, 1.165) is 5.56 Å². The van der Waals surface area contributed by atoms with Crippen LogP contribution in [0.15, 0.2) is 30.3 Å². The first kappa shape index (κ1) is 11.5. The van der Waals surface area contributed by atoms with Gasteiger partial charge in [0.05, 0.1) is 12.7 Å². The Morgan fingerprint density at radius 2 is 1.88 bits per heavy atom. The fourth-order valence-corrected chi connectivity index (χ4v) is 1.96. The predicted molar refractivity (Wildman–Crippen MR) is 56.8 cm³/mol. The molecule has 1 heterocycles. The van der Waals surface area contributed by atoms with Crippen LogP contribution in [0.1, 0.15) is 5.56 Å². The monoisotopic (exact) mass is 226 g/mol. The molecule has 1 aliphatic rings. The summed E-state index contributed by atoms with van der Waals surface area (Å²) in [4.78, 5) is 0. The highest BCUT2D eigenvalue weighted by molar-refractivity contribution is 5.16. The molecule has 1 aliphatic heterocycles. The maximum Gasteiger partial charge on any atom is 0.155 e. The molecule has 1 saturated heterocycles. The van der Waals surface area contributed by atoms with Crippen LogP contribution in [0.25, 0.3) is 0 Å². The number of rotatable bonds is 3. The normalized spacial score (nSPS) is 34.2. The van der Waals surface area contributed by atoms with Crippen molar-refractivity contribution in [3.05, 3.63) is 35.9 Å². The van der Waals surface area contributed by atoms with Crippen LogP contribution in [0, 0.1) is 0 Å². The summed E-state index contributed by atoms with van der Waals surface area (Å²) in [6.45, 7) is -0.354. The molecular weight excluding hydrogens is 211 g/mol. The van der Waals surface area contributed by atoms with Gasteiger partial charge < -0.3 is 14.9 Å². The van der Waals surface area contributed by atoms with Crippen molar-refractivity contribution in [2.75, 3.05) is 6.61 Å². The molecule has 16 heavy (non-hydrogen) atoms. The lowest BCUT2D eigenvalue weighted by Gasteiger charge is -2.12. The molecule has 88 valence electrons. The average molecular weight is 226 g/mol. The lowest BCUT2D eigenvalue weighted by molar-refractivity contribution is -0.0215. The summed E-state index contributed by atoms with van der Waals surface area (Å²) >= 11 is 0. The maximum atomic E-state index is 13.6. The fraction of sp³-hybridized carbons (Fsp3) is 0.500. The van der Waals surface area contributed by atoms with Crippen molar-refractivity contribution in [3.8, 4) is 0 Å². The van der Waals surface area contributed by atoms with Crippen molar-refractivity contribution in [3.63, 3.8) is 0 Å².